The summed E-state index contributed by atoms with van der Waals surface area (Å²) in [7, 11) is 0. The molecule has 0 bridgehead atoms. The number of H-pyrrole nitrogens is 1. The summed E-state index contributed by atoms with van der Waals surface area (Å²) in [6, 6.07) is 5.77. The lowest BCUT2D eigenvalue weighted by Gasteiger charge is -2.02. The molecule has 6 heteroatoms. The molecule has 0 aliphatic heterocycles. The predicted octanol–water partition coefficient (Wildman–Crippen LogP) is 2.82. The van der Waals surface area contributed by atoms with E-state index in [1.165, 1.54) is 11.3 Å². The lowest BCUT2D eigenvalue weighted by Crippen LogP contribution is -2.14. The lowest BCUT2D eigenvalue weighted by molar-refractivity contribution is -0.115. The lowest BCUT2D eigenvalue weighted by atomic mass is 10.1. The summed E-state index contributed by atoms with van der Waals surface area (Å²) < 4.78 is 0. The number of nitrogens with zero attached hydrogens (tertiary/aromatic N) is 2. The van der Waals surface area contributed by atoms with Crippen LogP contribution in [-0.2, 0) is 11.2 Å². The number of nitrogens with one attached hydrogen (secondary N) is 2. The fourth-order valence-corrected chi connectivity index (χ4v) is 2.80. The van der Waals surface area contributed by atoms with Gasteiger partial charge in [0, 0.05) is 4.88 Å². The molecule has 3 aromatic rings. The molecule has 102 valence electrons. The van der Waals surface area contributed by atoms with Crippen LogP contribution in [-0.4, -0.2) is 20.9 Å². The summed E-state index contributed by atoms with van der Waals surface area (Å²) in [5, 5.41) is 3.50. The van der Waals surface area contributed by atoms with Crippen molar-refractivity contribution in [3.05, 3.63) is 40.7 Å². The standard InChI is InChI=1S/C14H14N4OS/c1-8-9(2)20-14(17-8)18-13(19)6-10-3-4-11-12(5-10)16-7-15-11/h3-5,7H,6H2,1-2H3,(H,15,16)(H,17,18,19). The number of hydrogen-bond acceptors (Lipinski definition) is 4. The second-order valence-corrected chi connectivity index (χ2v) is 5.84. The van der Waals surface area contributed by atoms with Crippen LogP contribution >= 0.6 is 11.3 Å². The zero-order valence-electron chi connectivity index (χ0n) is 11.2. The van der Waals surface area contributed by atoms with Crippen LogP contribution in [0.5, 0.6) is 0 Å². The van der Waals surface area contributed by atoms with Gasteiger partial charge >= 0.3 is 0 Å². The Kier molecular flexibility index (Phi) is 3.23. The molecule has 1 amide bonds. The average Bonchev–Trinajstić information content (AvgIpc) is 2.96. The molecule has 0 saturated carbocycles. The number of aromatic nitrogens is 3. The Morgan fingerprint density at radius 3 is 3.00 bits per heavy atom. The van der Waals surface area contributed by atoms with Crippen LogP contribution in [0, 0.1) is 13.8 Å². The Hall–Kier alpha value is -2.21. The van der Waals surface area contributed by atoms with Gasteiger partial charge in [0.1, 0.15) is 0 Å². The molecule has 3 rings (SSSR count). The third-order valence-electron chi connectivity index (χ3n) is 3.12. The van der Waals surface area contributed by atoms with Crippen molar-refractivity contribution in [2.24, 2.45) is 0 Å². The van der Waals surface area contributed by atoms with Crippen molar-refractivity contribution in [1.82, 2.24) is 15.0 Å². The zero-order valence-corrected chi connectivity index (χ0v) is 12.0. The van der Waals surface area contributed by atoms with Gasteiger partial charge in [0.2, 0.25) is 5.91 Å². The summed E-state index contributed by atoms with van der Waals surface area (Å²) in [4.78, 5) is 24.6. The molecule has 0 fully saturated rings. The minimum absolute atomic E-state index is 0.0578. The second-order valence-electron chi connectivity index (χ2n) is 4.64. The Morgan fingerprint density at radius 2 is 2.25 bits per heavy atom. The van der Waals surface area contributed by atoms with Crippen LogP contribution in [0.4, 0.5) is 5.13 Å². The minimum Gasteiger partial charge on any atom is -0.345 e. The smallest absolute Gasteiger partial charge is 0.230 e. The summed E-state index contributed by atoms with van der Waals surface area (Å²) in [5.74, 6) is -0.0578. The summed E-state index contributed by atoms with van der Waals surface area (Å²) in [6.45, 7) is 3.93. The number of hydrogen-bond donors (Lipinski definition) is 2. The fraction of sp³-hybridized carbons (Fsp3) is 0.214. The maximum absolute atomic E-state index is 12.0. The third kappa shape index (κ3) is 2.55. The minimum atomic E-state index is -0.0578. The number of rotatable bonds is 3. The fourth-order valence-electron chi connectivity index (χ4n) is 1.97. The van der Waals surface area contributed by atoms with E-state index in [0.717, 1.165) is 27.2 Å². The van der Waals surface area contributed by atoms with Gasteiger partial charge in [-0.2, -0.15) is 0 Å². The van der Waals surface area contributed by atoms with Crippen molar-refractivity contribution in [2.45, 2.75) is 20.3 Å². The highest BCUT2D eigenvalue weighted by Crippen LogP contribution is 2.21. The van der Waals surface area contributed by atoms with Crippen molar-refractivity contribution < 1.29 is 4.79 Å². The maximum atomic E-state index is 12.0. The number of thiazole rings is 1. The number of aromatic amines is 1. The number of carbonyl (C=O) groups is 1. The van der Waals surface area contributed by atoms with Crippen LogP contribution in [0.3, 0.4) is 0 Å². The average molecular weight is 286 g/mol. The molecule has 2 heterocycles. The summed E-state index contributed by atoms with van der Waals surface area (Å²) >= 11 is 1.50. The molecule has 2 aromatic heterocycles. The van der Waals surface area contributed by atoms with Crippen LogP contribution in [0.25, 0.3) is 11.0 Å². The van der Waals surface area contributed by atoms with E-state index in [-0.39, 0.29) is 5.91 Å². The van der Waals surface area contributed by atoms with Gasteiger partial charge in [-0.15, -0.1) is 11.3 Å². The van der Waals surface area contributed by atoms with E-state index >= 15 is 0 Å². The van der Waals surface area contributed by atoms with Crippen molar-refractivity contribution >= 4 is 33.4 Å². The number of carbonyl (C=O) groups excluding carboxylic acids is 1. The largest absolute Gasteiger partial charge is 0.345 e. The van der Waals surface area contributed by atoms with E-state index in [9.17, 15) is 4.79 Å². The molecule has 20 heavy (non-hydrogen) atoms. The first-order valence-corrected chi connectivity index (χ1v) is 7.09. The molecule has 0 aliphatic rings. The number of anilines is 1. The highest BCUT2D eigenvalue weighted by atomic mass is 32.1. The van der Waals surface area contributed by atoms with Gasteiger partial charge in [-0.1, -0.05) is 6.07 Å². The quantitative estimate of drug-likeness (QED) is 0.777. The van der Waals surface area contributed by atoms with Gasteiger partial charge in [0.25, 0.3) is 0 Å². The summed E-state index contributed by atoms with van der Waals surface area (Å²) in [6.07, 6.45) is 1.97. The summed E-state index contributed by atoms with van der Waals surface area (Å²) in [5.41, 5.74) is 3.75. The van der Waals surface area contributed by atoms with Gasteiger partial charge in [-0.25, -0.2) is 9.97 Å². The van der Waals surface area contributed by atoms with Gasteiger partial charge < -0.3 is 10.3 Å². The van der Waals surface area contributed by atoms with E-state index in [0.29, 0.717) is 11.6 Å². The Bertz CT molecular complexity index is 755. The normalized spacial score (nSPS) is 10.9. The monoisotopic (exact) mass is 286 g/mol. The van der Waals surface area contributed by atoms with Crippen molar-refractivity contribution in [2.75, 3.05) is 5.32 Å². The van der Waals surface area contributed by atoms with E-state index in [1.807, 2.05) is 32.0 Å². The van der Waals surface area contributed by atoms with Crippen LogP contribution in [0.1, 0.15) is 16.1 Å². The van der Waals surface area contributed by atoms with Crippen LogP contribution in [0.2, 0.25) is 0 Å². The number of amides is 1. The molecule has 1 aromatic carbocycles. The van der Waals surface area contributed by atoms with Gasteiger partial charge in [-0.05, 0) is 31.5 Å². The van der Waals surface area contributed by atoms with E-state index in [1.54, 1.807) is 6.33 Å². The number of imidazole rings is 1. The molecular weight excluding hydrogens is 272 g/mol. The Morgan fingerprint density at radius 1 is 1.40 bits per heavy atom. The molecule has 0 saturated heterocycles. The van der Waals surface area contributed by atoms with E-state index in [2.05, 4.69) is 20.3 Å². The molecular formula is C14H14N4OS. The van der Waals surface area contributed by atoms with Gasteiger partial charge in [0.15, 0.2) is 5.13 Å². The number of benzene rings is 1. The predicted molar refractivity (Wildman–Crippen MR) is 80.0 cm³/mol. The van der Waals surface area contributed by atoms with Crippen LogP contribution in [0.15, 0.2) is 24.5 Å². The van der Waals surface area contributed by atoms with E-state index in [4.69, 9.17) is 0 Å². The van der Waals surface area contributed by atoms with Crippen LogP contribution < -0.4 is 5.32 Å². The molecule has 0 aliphatic carbocycles. The molecule has 0 unspecified atom stereocenters. The topological polar surface area (TPSA) is 70.7 Å². The van der Waals surface area contributed by atoms with E-state index < -0.39 is 0 Å². The SMILES string of the molecule is Cc1nc(NC(=O)Cc2ccc3nc[nH]c3c2)sc1C. The van der Waals surface area contributed by atoms with Gasteiger partial charge in [-0.3, -0.25) is 4.79 Å². The molecule has 2 N–H and O–H groups in total. The molecule has 0 radical (unpaired) electrons. The number of fused-ring (bicyclic) bond motifs is 1. The first kappa shape index (κ1) is 12.8. The Balaban J connectivity index is 1.71. The molecule has 0 atom stereocenters. The van der Waals surface area contributed by atoms with Crippen molar-refractivity contribution in [1.29, 1.82) is 0 Å². The molecule has 0 spiro atoms. The highest BCUT2D eigenvalue weighted by molar-refractivity contribution is 7.15. The van der Waals surface area contributed by atoms with Crippen molar-refractivity contribution in [3.63, 3.8) is 0 Å². The second kappa shape index (κ2) is 5.05. The van der Waals surface area contributed by atoms with Crippen molar-refractivity contribution in [3.8, 4) is 0 Å². The first-order chi connectivity index (χ1) is 9.61. The molecule has 5 nitrogen and oxygen atoms in total. The third-order valence-corrected chi connectivity index (χ3v) is 4.11. The Labute approximate surface area is 120 Å². The first-order valence-electron chi connectivity index (χ1n) is 6.28. The maximum Gasteiger partial charge on any atom is 0.230 e. The van der Waals surface area contributed by atoms with Gasteiger partial charge in [0.05, 0.1) is 29.5 Å². The number of aryl methyl sites for hydroxylation is 2. The zero-order chi connectivity index (χ0) is 14.1. The highest BCUT2D eigenvalue weighted by Gasteiger charge is 2.09.